The van der Waals surface area contributed by atoms with Crippen molar-refractivity contribution in [3.8, 4) is 0 Å². The van der Waals surface area contributed by atoms with Crippen molar-refractivity contribution in [1.29, 1.82) is 0 Å². The zero-order valence-electron chi connectivity index (χ0n) is 8.18. The van der Waals surface area contributed by atoms with E-state index < -0.39 is 10.1 Å². The lowest BCUT2D eigenvalue weighted by Gasteiger charge is -2.03. The predicted octanol–water partition coefficient (Wildman–Crippen LogP) is 2.61. The molecule has 0 heterocycles. The highest BCUT2D eigenvalue weighted by Gasteiger charge is 2.13. The minimum atomic E-state index is -3.62. The first-order valence-electron chi connectivity index (χ1n) is 4.27. The summed E-state index contributed by atoms with van der Waals surface area (Å²) < 4.78 is 27.8. The molecule has 0 saturated carbocycles. The fraction of sp³-hybridized carbons (Fsp3) is 0.200. The van der Waals surface area contributed by atoms with E-state index in [0.717, 1.165) is 5.56 Å². The van der Waals surface area contributed by atoms with Crippen LogP contribution in [0.2, 0.25) is 0 Å². The quantitative estimate of drug-likeness (QED) is 0.801. The molecule has 15 heavy (non-hydrogen) atoms. The number of hydrogen-bond donors (Lipinski definition) is 0. The molecule has 0 aliphatic heterocycles. The molecule has 0 N–H and O–H groups in total. The van der Waals surface area contributed by atoms with Crippen molar-refractivity contribution in [2.45, 2.75) is 11.8 Å². The summed E-state index contributed by atoms with van der Waals surface area (Å²) in [4.78, 5) is 1.73. The number of rotatable bonds is 4. The molecule has 0 atom stereocenters. The summed E-state index contributed by atoms with van der Waals surface area (Å²) in [5.74, 6) is 0. The Hall–Kier alpha value is -0.650. The van der Waals surface area contributed by atoms with Gasteiger partial charge in [0.05, 0.1) is 11.5 Å². The highest BCUT2D eigenvalue weighted by molar-refractivity contribution is 9.11. The third kappa shape index (κ3) is 3.77. The maximum atomic E-state index is 11.5. The number of hydrogen-bond acceptors (Lipinski definition) is 3. The van der Waals surface area contributed by atoms with Crippen molar-refractivity contribution >= 4 is 26.0 Å². The Morgan fingerprint density at radius 3 is 2.47 bits per heavy atom. The van der Waals surface area contributed by atoms with Crippen molar-refractivity contribution < 1.29 is 12.6 Å². The van der Waals surface area contributed by atoms with Gasteiger partial charge in [-0.3, -0.25) is 4.18 Å². The Morgan fingerprint density at radius 2 is 1.93 bits per heavy atom. The van der Waals surface area contributed by atoms with Gasteiger partial charge in [-0.1, -0.05) is 39.7 Å². The smallest absolute Gasteiger partial charge is 0.262 e. The van der Waals surface area contributed by atoms with Crippen LogP contribution in [0.25, 0.3) is 0 Å². The molecule has 1 rings (SSSR count). The zero-order valence-corrected chi connectivity index (χ0v) is 10.6. The highest BCUT2D eigenvalue weighted by Crippen LogP contribution is 2.12. The van der Waals surface area contributed by atoms with E-state index in [9.17, 15) is 8.42 Å². The van der Waals surface area contributed by atoms with Crippen molar-refractivity contribution in [2.24, 2.45) is 0 Å². The van der Waals surface area contributed by atoms with E-state index in [1.807, 2.05) is 6.92 Å². The average molecular weight is 291 g/mol. The molecule has 3 nitrogen and oxygen atoms in total. The first-order chi connectivity index (χ1) is 7.06. The molecule has 0 unspecified atom stereocenters. The maximum Gasteiger partial charge on any atom is 0.297 e. The van der Waals surface area contributed by atoms with Gasteiger partial charge in [0.2, 0.25) is 0 Å². The van der Waals surface area contributed by atoms with Crippen LogP contribution in [-0.4, -0.2) is 15.0 Å². The highest BCUT2D eigenvalue weighted by atomic mass is 79.9. The van der Waals surface area contributed by atoms with Crippen molar-refractivity contribution in [3.63, 3.8) is 0 Å². The van der Waals surface area contributed by atoms with Crippen LogP contribution >= 0.6 is 15.9 Å². The third-order valence-corrected chi connectivity index (χ3v) is 3.39. The van der Waals surface area contributed by atoms with Crippen LogP contribution < -0.4 is 0 Å². The molecule has 0 bridgehead atoms. The largest absolute Gasteiger partial charge is 0.297 e. The van der Waals surface area contributed by atoms with Gasteiger partial charge >= 0.3 is 0 Å². The summed E-state index contributed by atoms with van der Waals surface area (Å²) in [5.41, 5.74) is 1.01. The van der Waals surface area contributed by atoms with Crippen LogP contribution in [0.3, 0.4) is 0 Å². The average Bonchev–Trinajstić information content (AvgIpc) is 2.18. The molecule has 0 aliphatic rings. The second-order valence-electron chi connectivity index (χ2n) is 2.91. The fourth-order valence-electron chi connectivity index (χ4n) is 0.938. The van der Waals surface area contributed by atoms with E-state index in [4.69, 9.17) is 4.18 Å². The van der Waals surface area contributed by atoms with Gasteiger partial charge in [0.1, 0.15) is 0 Å². The van der Waals surface area contributed by atoms with Crippen LogP contribution in [-0.2, 0) is 14.3 Å². The normalized spacial score (nSPS) is 12.1. The van der Waals surface area contributed by atoms with E-state index in [1.165, 1.54) is 12.1 Å². The van der Waals surface area contributed by atoms with Crippen LogP contribution in [0.15, 0.2) is 40.2 Å². The Labute approximate surface area is 98.0 Å². The Morgan fingerprint density at radius 1 is 1.33 bits per heavy atom. The van der Waals surface area contributed by atoms with Crippen LogP contribution in [0.5, 0.6) is 0 Å². The number of aryl methyl sites for hydroxylation is 1. The van der Waals surface area contributed by atoms with Gasteiger partial charge in [-0.25, -0.2) is 0 Å². The topological polar surface area (TPSA) is 43.4 Å². The van der Waals surface area contributed by atoms with Crippen LogP contribution in [0.4, 0.5) is 0 Å². The molecule has 5 heteroatoms. The Kier molecular flexibility index (Phi) is 4.50. The summed E-state index contributed by atoms with van der Waals surface area (Å²) in [5, 5.41) is 0. The van der Waals surface area contributed by atoms with E-state index in [0.29, 0.717) is 0 Å². The monoisotopic (exact) mass is 290 g/mol. The molecule has 0 fully saturated rings. The van der Waals surface area contributed by atoms with Gasteiger partial charge in [0.15, 0.2) is 0 Å². The summed E-state index contributed by atoms with van der Waals surface area (Å²) >= 11 is 3.03. The first-order valence-corrected chi connectivity index (χ1v) is 6.60. The van der Waals surface area contributed by atoms with Crippen molar-refractivity contribution in [2.75, 3.05) is 6.61 Å². The van der Waals surface area contributed by atoms with Crippen LogP contribution in [0.1, 0.15) is 5.56 Å². The maximum absolute atomic E-state index is 11.5. The lowest BCUT2D eigenvalue weighted by molar-refractivity contribution is 0.357. The van der Waals surface area contributed by atoms with Gasteiger partial charge in [-0.15, -0.1) is 0 Å². The molecule has 1 aromatic rings. The van der Waals surface area contributed by atoms with Crippen molar-refractivity contribution in [3.05, 3.63) is 40.9 Å². The number of benzene rings is 1. The summed E-state index contributed by atoms with van der Waals surface area (Å²) in [6, 6.07) is 6.53. The summed E-state index contributed by atoms with van der Waals surface area (Å²) in [6.07, 6.45) is 1.56. The lowest BCUT2D eigenvalue weighted by atomic mass is 10.2. The van der Waals surface area contributed by atoms with E-state index in [1.54, 1.807) is 23.2 Å². The molecular formula is C10H11BrO3S. The van der Waals surface area contributed by atoms with Gasteiger partial charge < -0.3 is 0 Å². The second-order valence-corrected chi connectivity index (χ2v) is 5.06. The van der Waals surface area contributed by atoms with Gasteiger partial charge in [-0.05, 0) is 24.0 Å². The summed E-state index contributed by atoms with van der Waals surface area (Å²) in [6.45, 7) is 1.92. The second kappa shape index (κ2) is 5.44. The van der Waals surface area contributed by atoms with E-state index in [2.05, 4.69) is 15.9 Å². The third-order valence-electron chi connectivity index (χ3n) is 1.72. The number of halogens is 1. The first kappa shape index (κ1) is 12.4. The molecule has 82 valence electrons. The fourth-order valence-corrected chi connectivity index (χ4v) is 1.95. The molecule has 0 amide bonds. The van der Waals surface area contributed by atoms with E-state index in [-0.39, 0.29) is 11.5 Å². The molecular weight excluding hydrogens is 280 g/mol. The zero-order chi connectivity index (χ0) is 11.3. The SMILES string of the molecule is Cc1ccc(S(=O)(=O)OC/C=C\Br)cc1. The van der Waals surface area contributed by atoms with Gasteiger partial charge in [0, 0.05) is 0 Å². The molecule has 0 aliphatic carbocycles. The summed E-state index contributed by atoms with van der Waals surface area (Å²) in [7, 11) is -3.62. The molecule has 1 aromatic carbocycles. The minimum absolute atomic E-state index is 0.0292. The van der Waals surface area contributed by atoms with Gasteiger partial charge in [0.25, 0.3) is 10.1 Å². The molecule has 0 aromatic heterocycles. The minimum Gasteiger partial charge on any atom is -0.262 e. The molecule has 0 radical (unpaired) electrons. The molecule has 0 spiro atoms. The Balaban J connectivity index is 2.82. The van der Waals surface area contributed by atoms with Crippen LogP contribution in [0, 0.1) is 6.92 Å². The Bertz CT molecular complexity index is 434. The predicted molar refractivity (Wildman–Crippen MR) is 62.4 cm³/mol. The van der Waals surface area contributed by atoms with Crippen molar-refractivity contribution in [1.82, 2.24) is 0 Å². The standard InChI is InChI=1S/C10H11BrO3S/c1-9-3-5-10(6-4-9)15(12,13)14-8-2-7-11/h2-7H,8H2,1H3/b7-2-. The van der Waals surface area contributed by atoms with Gasteiger partial charge in [-0.2, -0.15) is 8.42 Å². The lowest BCUT2D eigenvalue weighted by Crippen LogP contribution is -2.06. The van der Waals surface area contributed by atoms with E-state index >= 15 is 0 Å². The molecule has 0 saturated heterocycles.